The molecule has 1 fully saturated rings. The van der Waals surface area contributed by atoms with Gasteiger partial charge in [0.05, 0.1) is 0 Å². The molecule has 0 aromatic heterocycles. The Kier molecular flexibility index (Phi) is 5.77. The minimum atomic E-state index is 0.694. The van der Waals surface area contributed by atoms with Crippen molar-refractivity contribution in [3.8, 4) is 0 Å². The van der Waals surface area contributed by atoms with Crippen molar-refractivity contribution in [3.05, 3.63) is 0 Å². The first-order valence-electron chi connectivity index (χ1n) is 6.91. The van der Waals surface area contributed by atoms with Crippen LogP contribution in [0.15, 0.2) is 0 Å². The van der Waals surface area contributed by atoms with E-state index in [1.807, 2.05) is 0 Å². The van der Waals surface area contributed by atoms with Gasteiger partial charge in [-0.05, 0) is 44.2 Å². The van der Waals surface area contributed by atoms with Gasteiger partial charge in [-0.15, -0.1) is 0 Å². The molecule has 0 aliphatic heterocycles. The molecule has 96 valence electrons. The minimum Gasteiger partial charge on any atom is -0.315 e. The molecule has 0 saturated heterocycles. The molecule has 1 unspecified atom stereocenters. The van der Waals surface area contributed by atoms with Crippen molar-refractivity contribution in [2.45, 2.75) is 46.6 Å². The highest BCUT2D eigenvalue weighted by Gasteiger charge is 2.27. The SMILES string of the molecule is CC(C)CNCC(C(C)C)N(C)CC1CC1. The van der Waals surface area contributed by atoms with Crippen LogP contribution in [0, 0.1) is 17.8 Å². The predicted octanol–water partition coefficient (Wildman–Crippen LogP) is 2.60. The number of likely N-dealkylation sites (N-methyl/N-ethyl adjacent to an activating group) is 1. The summed E-state index contributed by atoms with van der Waals surface area (Å²) in [5.74, 6) is 2.49. The molecule has 2 nitrogen and oxygen atoms in total. The van der Waals surface area contributed by atoms with Gasteiger partial charge in [0, 0.05) is 19.1 Å². The second-order valence-corrected chi connectivity index (χ2v) is 6.25. The van der Waals surface area contributed by atoms with Crippen molar-refractivity contribution in [1.29, 1.82) is 0 Å². The lowest BCUT2D eigenvalue weighted by atomic mass is 10.0. The van der Waals surface area contributed by atoms with Crippen LogP contribution in [-0.4, -0.2) is 37.6 Å². The third-order valence-corrected chi connectivity index (χ3v) is 3.48. The Morgan fingerprint density at radius 3 is 2.19 bits per heavy atom. The maximum absolute atomic E-state index is 3.60. The van der Waals surface area contributed by atoms with Gasteiger partial charge < -0.3 is 10.2 Å². The topological polar surface area (TPSA) is 15.3 Å². The molecule has 16 heavy (non-hydrogen) atoms. The molecule has 1 N–H and O–H groups in total. The van der Waals surface area contributed by atoms with Crippen LogP contribution in [0.5, 0.6) is 0 Å². The Morgan fingerprint density at radius 2 is 1.75 bits per heavy atom. The molecule has 0 heterocycles. The van der Waals surface area contributed by atoms with Crippen LogP contribution in [0.1, 0.15) is 40.5 Å². The van der Waals surface area contributed by atoms with Crippen molar-refractivity contribution in [2.75, 3.05) is 26.7 Å². The summed E-state index contributed by atoms with van der Waals surface area (Å²) in [6.07, 6.45) is 2.91. The van der Waals surface area contributed by atoms with Crippen molar-refractivity contribution in [3.63, 3.8) is 0 Å². The molecule has 2 heteroatoms. The van der Waals surface area contributed by atoms with Gasteiger partial charge in [0.25, 0.3) is 0 Å². The number of hydrogen-bond donors (Lipinski definition) is 1. The first-order chi connectivity index (χ1) is 7.50. The summed E-state index contributed by atoms with van der Waals surface area (Å²) in [6, 6.07) is 0.694. The zero-order chi connectivity index (χ0) is 12.1. The number of nitrogens with one attached hydrogen (secondary N) is 1. The average Bonchev–Trinajstić information content (AvgIpc) is 2.94. The molecular weight excluding hydrogens is 196 g/mol. The smallest absolute Gasteiger partial charge is 0.0240 e. The first kappa shape index (κ1) is 14.0. The predicted molar refractivity (Wildman–Crippen MR) is 71.7 cm³/mol. The Balaban J connectivity index is 2.27. The van der Waals surface area contributed by atoms with Gasteiger partial charge >= 0.3 is 0 Å². The lowest BCUT2D eigenvalue weighted by Gasteiger charge is -2.32. The van der Waals surface area contributed by atoms with E-state index in [1.165, 1.54) is 19.4 Å². The lowest BCUT2D eigenvalue weighted by molar-refractivity contribution is 0.179. The van der Waals surface area contributed by atoms with Crippen LogP contribution in [-0.2, 0) is 0 Å². The third-order valence-electron chi connectivity index (χ3n) is 3.48. The molecule has 0 amide bonds. The lowest BCUT2D eigenvalue weighted by Crippen LogP contribution is -2.45. The summed E-state index contributed by atoms with van der Waals surface area (Å²) in [5.41, 5.74) is 0. The Bertz CT molecular complexity index is 185. The number of hydrogen-bond acceptors (Lipinski definition) is 2. The van der Waals surface area contributed by atoms with E-state index in [0.717, 1.165) is 30.8 Å². The first-order valence-corrected chi connectivity index (χ1v) is 6.91. The summed E-state index contributed by atoms with van der Waals surface area (Å²) < 4.78 is 0. The number of rotatable bonds is 8. The van der Waals surface area contributed by atoms with Crippen molar-refractivity contribution < 1.29 is 0 Å². The fourth-order valence-corrected chi connectivity index (χ4v) is 2.26. The highest BCUT2D eigenvalue weighted by Crippen LogP contribution is 2.30. The van der Waals surface area contributed by atoms with E-state index in [2.05, 4.69) is 45.0 Å². The Labute approximate surface area is 102 Å². The Hall–Kier alpha value is -0.0800. The quantitative estimate of drug-likeness (QED) is 0.684. The van der Waals surface area contributed by atoms with E-state index in [1.54, 1.807) is 0 Å². The fraction of sp³-hybridized carbons (Fsp3) is 1.00. The van der Waals surface area contributed by atoms with Crippen LogP contribution in [0.3, 0.4) is 0 Å². The van der Waals surface area contributed by atoms with Crippen LogP contribution in [0.2, 0.25) is 0 Å². The highest BCUT2D eigenvalue weighted by molar-refractivity contribution is 4.81. The van der Waals surface area contributed by atoms with Gasteiger partial charge in [-0.3, -0.25) is 0 Å². The maximum Gasteiger partial charge on any atom is 0.0240 e. The van der Waals surface area contributed by atoms with E-state index in [0.29, 0.717) is 6.04 Å². The summed E-state index contributed by atoms with van der Waals surface area (Å²) in [4.78, 5) is 2.57. The fourth-order valence-electron chi connectivity index (χ4n) is 2.26. The van der Waals surface area contributed by atoms with Crippen LogP contribution < -0.4 is 5.32 Å². The molecule has 1 aliphatic rings. The summed E-state index contributed by atoms with van der Waals surface area (Å²) >= 11 is 0. The normalized spacial score (nSPS) is 18.8. The molecule has 1 atom stereocenters. The molecule has 0 bridgehead atoms. The van der Waals surface area contributed by atoms with Gasteiger partial charge in [0.1, 0.15) is 0 Å². The minimum absolute atomic E-state index is 0.694. The molecule has 0 aromatic rings. The van der Waals surface area contributed by atoms with Crippen molar-refractivity contribution in [2.24, 2.45) is 17.8 Å². The van der Waals surface area contributed by atoms with E-state index >= 15 is 0 Å². The second kappa shape index (κ2) is 6.61. The maximum atomic E-state index is 3.60. The highest BCUT2D eigenvalue weighted by atomic mass is 15.2. The van der Waals surface area contributed by atoms with E-state index in [-0.39, 0.29) is 0 Å². The van der Waals surface area contributed by atoms with Gasteiger partial charge in [-0.2, -0.15) is 0 Å². The molecule has 1 rings (SSSR count). The van der Waals surface area contributed by atoms with Crippen molar-refractivity contribution >= 4 is 0 Å². The summed E-state index contributed by atoms with van der Waals surface area (Å²) in [7, 11) is 2.29. The average molecular weight is 226 g/mol. The Morgan fingerprint density at radius 1 is 1.12 bits per heavy atom. The summed E-state index contributed by atoms with van der Waals surface area (Å²) in [5, 5.41) is 3.60. The molecule has 1 aliphatic carbocycles. The van der Waals surface area contributed by atoms with E-state index in [9.17, 15) is 0 Å². The van der Waals surface area contributed by atoms with Crippen LogP contribution in [0.25, 0.3) is 0 Å². The largest absolute Gasteiger partial charge is 0.315 e. The van der Waals surface area contributed by atoms with E-state index in [4.69, 9.17) is 0 Å². The van der Waals surface area contributed by atoms with Gasteiger partial charge in [-0.25, -0.2) is 0 Å². The molecular formula is C14H30N2. The third kappa shape index (κ3) is 5.31. The van der Waals surface area contributed by atoms with Crippen molar-refractivity contribution in [1.82, 2.24) is 10.2 Å². The molecule has 0 radical (unpaired) electrons. The van der Waals surface area contributed by atoms with Gasteiger partial charge in [-0.1, -0.05) is 27.7 Å². The summed E-state index contributed by atoms with van der Waals surface area (Å²) in [6.45, 7) is 12.8. The monoisotopic (exact) mass is 226 g/mol. The second-order valence-electron chi connectivity index (χ2n) is 6.25. The van der Waals surface area contributed by atoms with Gasteiger partial charge in [0.2, 0.25) is 0 Å². The van der Waals surface area contributed by atoms with Gasteiger partial charge in [0.15, 0.2) is 0 Å². The number of nitrogens with zero attached hydrogens (tertiary/aromatic N) is 1. The van der Waals surface area contributed by atoms with Crippen LogP contribution >= 0.6 is 0 Å². The zero-order valence-electron chi connectivity index (χ0n) is 11.8. The molecule has 0 aromatic carbocycles. The van der Waals surface area contributed by atoms with E-state index < -0.39 is 0 Å². The molecule has 1 saturated carbocycles. The van der Waals surface area contributed by atoms with Crippen LogP contribution in [0.4, 0.5) is 0 Å². The zero-order valence-corrected chi connectivity index (χ0v) is 11.8. The molecule has 0 spiro atoms. The standard InChI is InChI=1S/C14H30N2/c1-11(2)8-15-9-14(12(3)4)16(5)10-13-6-7-13/h11-15H,6-10H2,1-5H3.